The second kappa shape index (κ2) is 11.0. The summed E-state index contributed by atoms with van der Waals surface area (Å²) in [7, 11) is 0. The van der Waals surface area contributed by atoms with E-state index in [2.05, 4.69) is 20.7 Å². The molecule has 1 rings (SSSR count). The number of azide groups is 1. The summed E-state index contributed by atoms with van der Waals surface area (Å²) in [5.74, 6) is -0.212. The fourth-order valence-electron chi connectivity index (χ4n) is 1.86. The fraction of sp³-hybridized carbons (Fsp3) is 0.529. The Balaban J connectivity index is 2.15. The predicted octanol–water partition coefficient (Wildman–Crippen LogP) is 2.77. The van der Waals surface area contributed by atoms with Crippen LogP contribution in [0.25, 0.3) is 10.4 Å². The second-order valence-electron chi connectivity index (χ2n) is 6.38. The lowest BCUT2D eigenvalue weighted by Crippen LogP contribution is -2.34. The number of carbonyl (C=O) groups is 2. The summed E-state index contributed by atoms with van der Waals surface area (Å²) in [5.41, 5.74) is 9.09. The molecule has 0 bridgehead atoms. The van der Waals surface area contributed by atoms with Crippen LogP contribution < -0.4 is 10.6 Å². The van der Waals surface area contributed by atoms with Gasteiger partial charge >= 0.3 is 6.09 Å². The van der Waals surface area contributed by atoms with Crippen LogP contribution in [0.3, 0.4) is 0 Å². The molecule has 0 heterocycles. The van der Waals surface area contributed by atoms with Crippen molar-refractivity contribution in [3.05, 3.63) is 45.8 Å². The van der Waals surface area contributed by atoms with Crippen molar-refractivity contribution in [3.63, 3.8) is 0 Å². The third-order valence-electron chi connectivity index (χ3n) is 2.98. The van der Waals surface area contributed by atoms with E-state index in [1.54, 1.807) is 45.0 Å². The van der Waals surface area contributed by atoms with Crippen LogP contribution in [0.15, 0.2) is 29.4 Å². The topological polar surface area (TPSA) is 125 Å². The molecule has 0 radical (unpaired) electrons. The minimum atomic E-state index is -0.531. The second-order valence-corrected chi connectivity index (χ2v) is 6.38. The number of alkyl carbamates (subject to hydrolysis) is 1. The minimum absolute atomic E-state index is 0.212. The number of hydrogen-bond donors (Lipinski definition) is 2. The first-order valence-corrected chi connectivity index (χ1v) is 8.24. The molecular formula is C17H25N5O4. The van der Waals surface area contributed by atoms with Gasteiger partial charge in [-0.25, -0.2) is 4.79 Å². The molecule has 0 aromatic heterocycles. The molecule has 9 nitrogen and oxygen atoms in total. The smallest absolute Gasteiger partial charge is 0.407 e. The Kier molecular flexibility index (Phi) is 8.97. The van der Waals surface area contributed by atoms with Crippen LogP contribution in [0.1, 0.15) is 36.7 Å². The minimum Gasteiger partial charge on any atom is -0.444 e. The lowest BCUT2D eigenvalue weighted by Gasteiger charge is -2.19. The summed E-state index contributed by atoms with van der Waals surface area (Å²) in [6, 6.07) is 6.82. The molecule has 0 atom stereocenters. The quantitative estimate of drug-likeness (QED) is 0.303. The molecule has 0 saturated carbocycles. The first-order chi connectivity index (χ1) is 12.3. The zero-order valence-electron chi connectivity index (χ0n) is 15.3. The Labute approximate surface area is 152 Å². The highest BCUT2D eigenvalue weighted by Crippen LogP contribution is 2.06. The summed E-state index contributed by atoms with van der Waals surface area (Å²) in [4.78, 5) is 26.1. The lowest BCUT2D eigenvalue weighted by atomic mass is 10.1. The summed E-state index contributed by atoms with van der Waals surface area (Å²) in [6.45, 7) is 6.96. The normalized spacial score (nSPS) is 10.6. The number of benzene rings is 1. The van der Waals surface area contributed by atoms with E-state index >= 15 is 0 Å². The zero-order chi connectivity index (χ0) is 19.4. The van der Waals surface area contributed by atoms with Crippen LogP contribution in [-0.4, -0.2) is 43.9 Å². The molecule has 1 aromatic rings. The number of nitrogens with one attached hydrogen (secondary N) is 2. The third-order valence-corrected chi connectivity index (χ3v) is 2.98. The van der Waals surface area contributed by atoms with E-state index in [1.807, 2.05) is 0 Å². The van der Waals surface area contributed by atoms with Crippen molar-refractivity contribution in [2.24, 2.45) is 5.11 Å². The number of nitrogens with zero attached hydrogens (tertiary/aromatic N) is 3. The number of rotatable bonds is 9. The van der Waals surface area contributed by atoms with Gasteiger partial charge in [0.05, 0.1) is 19.8 Å². The number of carbonyl (C=O) groups excluding carboxylic acids is 2. The van der Waals surface area contributed by atoms with Crippen molar-refractivity contribution >= 4 is 12.0 Å². The summed E-state index contributed by atoms with van der Waals surface area (Å²) in [6.07, 6.45) is -0.488. The van der Waals surface area contributed by atoms with Crippen LogP contribution in [0.4, 0.5) is 4.79 Å². The van der Waals surface area contributed by atoms with Gasteiger partial charge in [-0.05, 0) is 44.0 Å². The first-order valence-electron chi connectivity index (χ1n) is 8.24. The van der Waals surface area contributed by atoms with Crippen molar-refractivity contribution < 1.29 is 19.1 Å². The van der Waals surface area contributed by atoms with Gasteiger partial charge in [-0.15, -0.1) is 0 Å². The van der Waals surface area contributed by atoms with Gasteiger partial charge < -0.3 is 20.1 Å². The van der Waals surface area contributed by atoms with Crippen molar-refractivity contribution in [1.82, 2.24) is 10.6 Å². The summed E-state index contributed by atoms with van der Waals surface area (Å²) < 4.78 is 10.4. The van der Waals surface area contributed by atoms with Gasteiger partial charge in [0.15, 0.2) is 0 Å². The van der Waals surface area contributed by atoms with Crippen LogP contribution >= 0.6 is 0 Å². The largest absolute Gasteiger partial charge is 0.444 e. The van der Waals surface area contributed by atoms with E-state index in [-0.39, 0.29) is 12.5 Å². The molecule has 26 heavy (non-hydrogen) atoms. The zero-order valence-corrected chi connectivity index (χ0v) is 15.3. The third kappa shape index (κ3) is 9.51. The standard InChI is InChI=1S/C17H25N5O4/c1-17(2,3)26-16(24)20-9-11-25-10-8-19-15(23)14-6-4-13(5-7-14)12-21-22-18/h4-7H,8-12H2,1-3H3,(H,19,23)(H,20,24). The van der Waals surface area contributed by atoms with Gasteiger partial charge in [-0.2, -0.15) is 0 Å². The summed E-state index contributed by atoms with van der Waals surface area (Å²) >= 11 is 0. The highest BCUT2D eigenvalue weighted by molar-refractivity contribution is 5.94. The molecule has 0 saturated heterocycles. The molecule has 1 aromatic carbocycles. The van der Waals surface area contributed by atoms with E-state index in [4.69, 9.17) is 15.0 Å². The molecule has 0 unspecified atom stereocenters. The summed E-state index contributed by atoms with van der Waals surface area (Å²) in [5, 5.41) is 8.77. The first kappa shape index (κ1) is 21.3. The average molecular weight is 363 g/mol. The van der Waals surface area contributed by atoms with Gasteiger partial charge in [0, 0.05) is 23.6 Å². The van der Waals surface area contributed by atoms with Gasteiger partial charge in [0.25, 0.3) is 5.91 Å². The van der Waals surface area contributed by atoms with E-state index in [9.17, 15) is 9.59 Å². The molecular weight excluding hydrogens is 338 g/mol. The van der Waals surface area contributed by atoms with Crippen molar-refractivity contribution in [2.45, 2.75) is 32.9 Å². The Morgan fingerprint density at radius 2 is 1.73 bits per heavy atom. The van der Waals surface area contributed by atoms with Crippen LogP contribution in [0, 0.1) is 0 Å². The number of ether oxygens (including phenoxy) is 2. The average Bonchev–Trinajstić information content (AvgIpc) is 2.57. The van der Waals surface area contributed by atoms with Crippen LogP contribution in [0.2, 0.25) is 0 Å². The Morgan fingerprint density at radius 3 is 2.31 bits per heavy atom. The van der Waals surface area contributed by atoms with Crippen molar-refractivity contribution in [1.29, 1.82) is 0 Å². The van der Waals surface area contributed by atoms with Gasteiger partial charge in [0.1, 0.15) is 5.60 Å². The van der Waals surface area contributed by atoms with Crippen LogP contribution in [0.5, 0.6) is 0 Å². The van der Waals surface area contributed by atoms with Gasteiger partial charge in [-0.1, -0.05) is 17.2 Å². The SMILES string of the molecule is CC(C)(C)OC(=O)NCCOCCNC(=O)c1ccc(CN=[N+]=[N-])cc1. The molecule has 0 aliphatic rings. The number of hydrogen-bond acceptors (Lipinski definition) is 5. The Bertz CT molecular complexity index is 634. The van der Waals surface area contributed by atoms with Crippen molar-refractivity contribution in [2.75, 3.05) is 26.3 Å². The predicted molar refractivity (Wildman–Crippen MR) is 96.7 cm³/mol. The van der Waals surface area contributed by atoms with E-state index in [1.165, 1.54) is 0 Å². The Hall–Kier alpha value is -2.77. The number of amides is 2. The maximum absolute atomic E-state index is 12.0. The van der Waals surface area contributed by atoms with Gasteiger partial charge in [0.2, 0.25) is 0 Å². The highest BCUT2D eigenvalue weighted by atomic mass is 16.6. The molecule has 0 spiro atoms. The molecule has 2 N–H and O–H groups in total. The molecule has 0 aliphatic heterocycles. The molecule has 9 heteroatoms. The Morgan fingerprint density at radius 1 is 1.12 bits per heavy atom. The fourth-order valence-corrected chi connectivity index (χ4v) is 1.86. The molecule has 0 aliphatic carbocycles. The van der Waals surface area contributed by atoms with Gasteiger partial charge in [-0.3, -0.25) is 4.79 Å². The van der Waals surface area contributed by atoms with E-state index in [0.29, 0.717) is 31.9 Å². The van der Waals surface area contributed by atoms with E-state index < -0.39 is 11.7 Å². The lowest BCUT2D eigenvalue weighted by molar-refractivity contribution is 0.0500. The maximum atomic E-state index is 12.0. The maximum Gasteiger partial charge on any atom is 0.407 e. The molecule has 2 amide bonds. The highest BCUT2D eigenvalue weighted by Gasteiger charge is 2.15. The van der Waals surface area contributed by atoms with E-state index in [0.717, 1.165) is 5.56 Å². The monoisotopic (exact) mass is 363 g/mol. The molecule has 142 valence electrons. The van der Waals surface area contributed by atoms with Crippen LogP contribution in [-0.2, 0) is 16.0 Å². The molecule has 0 fully saturated rings. The van der Waals surface area contributed by atoms with Crippen molar-refractivity contribution in [3.8, 4) is 0 Å².